The summed E-state index contributed by atoms with van der Waals surface area (Å²) in [5.74, 6) is 0.122. The smallest absolute Gasteiger partial charge is 0.309 e. The first-order valence-corrected chi connectivity index (χ1v) is 9.04. The van der Waals surface area contributed by atoms with Gasteiger partial charge in [-0.2, -0.15) is 0 Å². The molecule has 0 fully saturated rings. The van der Waals surface area contributed by atoms with E-state index in [9.17, 15) is 9.59 Å². The highest BCUT2D eigenvalue weighted by Crippen LogP contribution is 2.20. The molecule has 1 aromatic carbocycles. The van der Waals surface area contributed by atoms with Crippen molar-refractivity contribution < 1.29 is 19.1 Å². The van der Waals surface area contributed by atoms with Crippen LogP contribution in [0.2, 0.25) is 0 Å². The van der Waals surface area contributed by atoms with E-state index in [4.69, 9.17) is 9.47 Å². The second kappa shape index (κ2) is 12.9. The second-order valence-electron chi connectivity index (χ2n) is 6.27. The molecule has 0 saturated carbocycles. The van der Waals surface area contributed by atoms with Crippen LogP contribution in [0.25, 0.3) is 0 Å². The largest absolute Gasteiger partial charge is 0.478 e. The normalized spacial score (nSPS) is 13.0. The predicted octanol–water partition coefficient (Wildman–Crippen LogP) is 4.32. The quantitative estimate of drug-likeness (QED) is 0.183. The molecule has 0 bridgehead atoms. The third-order valence-corrected chi connectivity index (χ3v) is 3.85. The lowest BCUT2D eigenvalue weighted by atomic mass is 9.92. The van der Waals surface area contributed by atoms with Crippen molar-refractivity contribution in [2.24, 2.45) is 16.8 Å². The van der Waals surface area contributed by atoms with Gasteiger partial charge in [0.15, 0.2) is 0 Å². The minimum Gasteiger partial charge on any atom is -0.478 e. The number of aldehydes is 1. The summed E-state index contributed by atoms with van der Waals surface area (Å²) < 4.78 is 11.0. The molecule has 0 aliphatic rings. The summed E-state index contributed by atoms with van der Waals surface area (Å²) in [7, 11) is 0. The molecule has 142 valence electrons. The molecule has 0 heterocycles. The van der Waals surface area contributed by atoms with E-state index in [1.165, 1.54) is 0 Å². The molecular formula is C21H29NO4. The molecule has 26 heavy (non-hydrogen) atoms. The minimum absolute atomic E-state index is 0.136. The Balaban J connectivity index is 2.62. The van der Waals surface area contributed by atoms with E-state index in [0.29, 0.717) is 31.8 Å². The maximum Gasteiger partial charge on any atom is 0.309 e. The van der Waals surface area contributed by atoms with Crippen molar-refractivity contribution in [1.82, 2.24) is 0 Å². The third kappa shape index (κ3) is 8.60. The van der Waals surface area contributed by atoms with Crippen molar-refractivity contribution >= 4 is 18.5 Å². The number of hydrogen-bond acceptors (Lipinski definition) is 5. The van der Waals surface area contributed by atoms with E-state index in [1.807, 2.05) is 50.3 Å². The molecule has 0 unspecified atom stereocenters. The molecular weight excluding hydrogens is 330 g/mol. The number of carbonyl (C=O) groups is 2. The van der Waals surface area contributed by atoms with Crippen LogP contribution < -0.4 is 0 Å². The molecule has 1 atom stereocenters. The zero-order chi connectivity index (χ0) is 19.2. The summed E-state index contributed by atoms with van der Waals surface area (Å²) >= 11 is 0. The van der Waals surface area contributed by atoms with Crippen LogP contribution in [0.5, 0.6) is 0 Å². The summed E-state index contributed by atoms with van der Waals surface area (Å²) in [5, 5.41) is 0. The number of carbonyl (C=O) groups excluding carboxylic acids is 2. The zero-order valence-electron chi connectivity index (χ0n) is 15.9. The summed E-state index contributed by atoms with van der Waals surface area (Å²) in [6.45, 7) is 6.49. The van der Waals surface area contributed by atoms with E-state index in [-0.39, 0.29) is 24.4 Å². The maximum absolute atomic E-state index is 12.5. The van der Waals surface area contributed by atoms with E-state index >= 15 is 0 Å². The van der Waals surface area contributed by atoms with Gasteiger partial charge in [0, 0.05) is 12.6 Å². The second-order valence-corrected chi connectivity index (χ2v) is 6.27. The lowest BCUT2D eigenvalue weighted by molar-refractivity contribution is -0.151. The number of aliphatic imine (C=N–C) groups is 1. The highest BCUT2D eigenvalue weighted by Gasteiger charge is 2.23. The first-order chi connectivity index (χ1) is 12.6. The van der Waals surface area contributed by atoms with Gasteiger partial charge in [0.25, 0.3) is 0 Å². The van der Waals surface area contributed by atoms with E-state index < -0.39 is 0 Å². The predicted molar refractivity (Wildman–Crippen MR) is 103 cm³/mol. The Hall–Kier alpha value is -2.43. The number of allylic oxidation sites excluding steroid dienone is 1. The number of benzene rings is 1. The number of hydrogen-bond donors (Lipinski definition) is 0. The average molecular weight is 359 g/mol. The van der Waals surface area contributed by atoms with E-state index in [2.05, 4.69) is 4.99 Å². The van der Waals surface area contributed by atoms with Crippen LogP contribution in [0.3, 0.4) is 0 Å². The Morgan fingerprint density at radius 3 is 2.54 bits per heavy atom. The van der Waals surface area contributed by atoms with Gasteiger partial charge in [-0.3, -0.25) is 4.79 Å². The summed E-state index contributed by atoms with van der Waals surface area (Å²) in [6.07, 6.45) is 5.92. The summed E-state index contributed by atoms with van der Waals surface area (Å²) in [6, 6.07) is 9.63. The molecule has 5 heteroatoms. The lowest BCUT2D eigenvalue weighted by Gasteiger charge is -2.18. The Morgan fingerprint density at radius 1 is 1.19 bits per heavy atom. The first-order valence-electron chi connectivity index (χ1n) is 9.04. The first kappa shape index (κ1) is 21.6. The van der Waals surface area contributed by atoms with Crippen LogP contribution in [-0.4, -0.2) is 25.1 Å². The summed E-state index contributed by atoms with van der Waals surface area (Å²) in [4.78, 5) is 27.0. The molecule has 0 aliphatic heterocycles. The fourth-order valence-corrected chi connectivity index (χ4v) is 2.32. The number of nitrogens with zero attached hydrogens (tertiary/aromatic N) is 1. The molecule has 0 spiro atoms. The molecule has 0 aliphatic carbocycles. The highest BCUT2D eigenvalue weighted by molar-refractivity contribution is 5.73. The number of unbranched alkanes of at least 4 members (excludes halogenated alkanes) is 1. The SMILES string of the molecule is C/C=N\C(=C/C[C@H](C(=O)OCc1ccccc1)C(C)C)OCCCC=O. The van der Waals surface area contributed by atoms with Crippen molar-refractivity contribution in [3.8, 4) is 0 Å². The van der Waals surface area contributed by atoms with Crippen LogP contribution in [0.15, 0.2) is 47.3 Å². The number of rotatable bonds is 12. The summed E-state index contributed by atoms with van der Waals surface area (Å²) in [5.41, 5.74) is 0.966. The monoisotopic (exact) mass is 359 g/mol. The third-order valence-electron chi connectivity index (χ3n) is 3.85. The fraction of sp³-hybridized carbons (Fsp3) is 0.476. The van der Waals surface area contributed by atoms with Gasteiger partial charge in [0.2, 0.25) is 5.88 Å². The fourth-order valence-electron chi connectivity index (χ4n) is 2.32. The average Bonchev–Trinajstić information content (AvgIpc) is 2.64. The van der Waals surface area contributed by atoms with E-state index in [1.54, 1.807) is 13.1 Å². The van der Waals surface area contributed by atoms with Crippen LogP contribution in [0.1, 0.15) is 45.6 Å². The molecule has 0 saturated heterocycles. The van der Waals surface area contributed by atoms with Gasteiger partial charge in [0.05, 0.1) is 12.5 Å². The number of ether oxygens (including phenoxy) is 2. The zero-order valence-corrected chi connectivity index (χ0v) is 15.9. The highest BCUT2D eigenvalue weighted by atomic mass is 16.5. The Kier molecular flexibility index (Phi) is 10.7. The van der Waals surface area contributed by atoms with Gasteiger partial charge >= 0.3 is 5.97 Å². The Morgan fingerprint density at radius 2 is 1.92 bits per heavy atom. The molecule has 0 radical (unpaired) electrons. The maximum atomic E-state index is 12.5. The lowest BCUT2D eigenvalue weighted by Crippen LogP contribution is -2.22. The molecule has 5 nitrogen and oxygen atoms in total. The van der Waals surface area contributed by atoms with Gasteiger partial charge in [-0.1, -0.05) is 44.2 Å². The van der Waals surface area contributed by atoms with Gasteiger partial charge in [-0.05, 0) is 37.3 Å². The van der Waals surface area contributed by atoms with Crippen molar-refractivity contribution in [3.05, 3.63) is 47.9 Å². The van der Waals surface area contributed by atoms with Crippen LogP contribution in [0.4, 0.5) is 0 Å². The number of esters is 1. The standard InChI is InChI=1S/C21H29NO4/c1-4-22-20(25-15-9-8-14-23)13-12-19(17(2)3)21(24)26-16-18-10-6-5-7-11-18/h4-7,10-11,13-14,17,19H,8-9,12,15-16H2,1-3H3/b20-13+,22-4-/t19-/m0/s1. The van der Waals surface area contributed by atoms with Gasteiger partial charge in [0.1, 0.15) is 12.9 Å². The van der Waals surface area contributed by atoms with Crippen LogP contribution >= 0.6 is 0 Å². The molecule has 0 aromatic heterocycles. The molecule has 1 rings (SSSR count). The van der Waals surface area contributed by atoms with Gasteiger partial charge in [-0.25, -0.2) is 4.99 Å². The van der Waals surface area contributed by atoms with Crippen molar-refractivity contribution in [2.45, 2.75) is 46.6 Å². The van der Waals surface area contributed by atoms with Crippen molar-refractivity contribution in [3.63, 3.8) is 0 Å². The van der Waals surface area contributed by atoms with Gasteiger partial charge < -0.3 is 14.3 Å². The van der Waals surface area contributed by atoms with Crippen molar-refractivity contribution in [2.75, 3.05) is 6.61 Å². The Labute approximate surface area is 156 Å². The Bertz CT molecular complexity index is 593. The van der Waals surface area contributed by atoms with Gasteiger partial charge in [-0.15, -0.1) is 0 Å². The molecule has 0 N–H and O–H groups in total. The van der Waals surface area contributed by atoms with Crippen LogP contribution in [0, 0.1) is 11.8 Å². The van der Waals surface area contributed by atoms with Crippen molar-refractivity contribution in [1.29, 1.82) is 0 Å². The topological polar surface area (TPSA) is 65.0 Å². The minimum atomic E-state index is -0.264. The van der Waals surface area contributed by atoms with Crippen LogP contribution in [-0.2, 0) is 25.7 Å². The molecule has 0 amide bonds. The van der Waals surface area contributed by atoms with E-state index in [0.717, 1.165) is 11.8 Å². The molecule has 1 aromatic rings.